The van der Waals surface area contributed by atoms with Crippen LogP contribution in [0.15, 0.2) is 53.4 Å². The Labute approximate surface area is 172 Å². The van der Waals surface area contributed by atoms with Crippen LogP contribution in [0.2, 0.25) is 0 Å². The second kappa shape index (κ2) is 8.65. The number of hydrogen-bond acceptors (Lipinski definition) is 6. The molecule has 0 spiro atoms. The normalized spacial score (nSPS) is 16.3. The number of ether oxygens (including phenoxy) is 1. The number of benzene rings is 2. The molecule has 1 fully saturated rings. The summed E-state index contributed by atoms with van der Waals surface area (Å²) < 4.78 is 71.7. The van der Waals surface area contributed by atoms with Crippen LogP contribution in [0.3, 0.4) is 0 Å². The Morgan fingerprint density at radius 2 is 1.73 bits per heavy atom. The summed E-state index contributed by atoms with van der Waals surface area (Å²) in [6, 6.07) is 9.90. The summed E-state index contributed by atoms with van der Waals surface area (Å²) in [6.45, 7) is 1.58. The van der Waals surface area contributed by atoms with Crippen molar-refractivity contribution in [3.8, 4) is 11.5 Å². The Balaban J connectivity index is 1.82. The highest BCUT2D eigenvalue weighted by atomic mass is 32.2. The highest BCUT2D eigenvalue weighted by Gasteiger charge is 2.34. The van der Waals surface area contributed by atoms with Gasteiger partial charge in [-0.15, -0.1) is 13.2 Å². The molecule has 0 bridgehead atoms. The van der Waals surface area contributed by atoms with Gasteiger partial charge in [0.05, 0.1) is 0 Å². The van der Waals surface area contributed by atoms with Crippen molar-refractivity contribution >= 4 is 15.9 Å². The van der Waals surface area contributed by atoms with Crippen molar-refractivity contribution in [2.24, 2.45) is 5.92 Å². The van der Waals surface area contributed by atoms with E-state index in [-0.39, 0.29) is 23.0 Å². The molecule has 10 heteroatoms. The number of halogens is 3. The third-order valence-electron chi connectivity index (χ3n) is 4.76. The Bertz CT molecular complexity index is 1020. The number of carbonyl (C=O) groups is 1. The summed E-state index contributed by atoms with van der Waals surface area (Å²) in [6.07, 6.45) is -3.67. The molecular weight excluding hydrogens is 423 g/mol. The summed E-state index contributed by atoms with van der Waals surface area (Å²) in [5.74, 6) is -1.36. The van der Waals surface area contributed by atoms with Gasteiger partial charge in [0.15, 0.2) is 11.5 Å². The van der Waals surface area contributed by atoms with Crippen molar-refractivity contribution in [3.05, 3.63) is 54.1 Å². The molecule has 1 aliphatic heterocycles. The monoisotopic (exact) mass is 443 g/mol. The van der Waals surface area contributed by atoms with Gasteiger partial charge in [0.2, 0.25) is 0 Å². The molecule has 0 unspecified atom stereocenters. The molecule has 0 aromatic heterocycles. The molecule has 0 aliphatic carbocycles. The molecule has 30 heavy (non-hydrogen) atoms. The molecule has 1 saturated heterocycles. The van der Waals surface area contributed by atoms with E-state index in [1.54, 1.807) is 6.07 Å². The Kier molecular flexibility index (Phi) is 6.37. The molecule has 2 aromatic rings. The summed E-state index contributed by atoms with van der Waals surface area (Å²) >= 11 is 0. The standard InChI is InChI=1S/C20H20F3NO5S/c1-24-11-9-14(10-12-24)19(25)15-5-4-6-16(13-15)29-30(26,27)18-8-3-2-7-17(18)28-20(21,22)23/h2-8,13-14H,9-12H2,1H3. The molecular formula is C20H20F3NO5S. The zero-order valence-corrected chi connectivity index (χ0v) is 16.9. The predicted molar refractivity (Wildman–Crippen MR) is 102 cm³/mol. The largest absolute Gasteiger partial charge is 0.573 e. The van der Waals surface area contributed by atoms with Crippen LogP contribution in [0.4, 0.5) is 13.2 Å². The maximum atomic E-state index is 12.7. The fraction of sp³-hybridized carbons (Fsp3) is 0.350. The fourth-order valence-corrected chi connectivity index (χ4v) is 4.29. The average Bonchev–Trinajstić information content (AvgIpc) is 2.67. The molecule has 1 heterocycles. The van der Waals surface area contributed by atoms with Crippen LogP contribution in [0.25, 0.3) is 0 Å². The fourth-order valence-electron chi connectivity index (χ4n) is 3.24. The van der Waals surface area contributed by atoms with E-state index >= 15 is 0 Å². The molecule has 6 nitrogen and oxygen atoms in total. The Morgan fingerprint density at radius 3 is 2.40 bits per heavy atom. The topological polar surface area (TPSA) is 72.9 Å². The second-order valence-corrected chi connectivity index (χ2v) is 8.52. The summed E-state index contributed by atoms with van der Waals surface area (Å²) in [7, 11) is -2.66. The van der Waals surface area contributed by atoms with Crippen LogP contribution in [0.5, 0.6) is 11.5 Å². The van der Waals surface area contributed by atoms with Gasteiger partial charge in [0.1, 0.15) is 10.6 Å². The number of hydrogen-bond donors (Lipinski definition) is 0. The first-order valence-electron chi connectivity index (χ1n) is 9.17. The van der Waals surface area contributed by atoms with Crippen molar-refractivity contribution in [2.45, 2.75) is 24.1 Å². The van der Waals surface area contributed by atoms with Crippen LogP contribution in [0, 0.1) is 5.92 Å². The van der Waals surface area contributed by atoms with E-state index in [9.17, 15) is 26.4 Å². The maximum absolute atomic E-state index is 12.7. The second-order valence-electron chi connectivity index (χ2n) is 7.00. The van der Waals surface area contributed by atoms with E-state index in [0.717, 1.165) is 25.2 Å². The first-order chi connectivity index (χ1) is 14.0. The van der Waals surface area contributed by atoms with Crippen LogP contribution in [0.1, 0.15) is 23.2 Å². The zero-order valence-electron chi connectivity index (χ0n) is 16.1. The first-order valence-corrected chi connectivity index (χ1v) is 10.6. The lowest BCUT2D eigenvalue weighted by Crippen LogP contribution is -2.33. The van der Waals surface area contributed by atoms with Crippen molar-refractivity contribution in [2.75, 3.05) is 20.1 Å². The third-order valence-corrected chi connectivity index (χ3v) is 6.05. The lowest BCUT2D eigenvalue weighted by Gasteiger charge is -2.28. The quantitative estimate of drug-likeness (QED) is 0.499. The summed E-state index contributed by atoms with van der Waals surface area (Å²) in [5, 5.41) is 0. The minimum atomic E-state index is -5.06. The number of rotatable bonds is 6. The number of alkyl halides is 3. The van der Waals surface area contributed by atoms with Crippen LogP contribution in [-0.4, -0.2) is 45.6 Å². The van der Waals surface area contributed by atoms with Gasteiger partial charge < -0.3 is 13.8 Å². The van der Waals surface area contributed by atoms with Gasteiger partial charge in [0.25, 0.3) is 0 Å². The van der Waals surface area contributed by atoms with Crippen molar-refractivity contribution in [1.82, 2.24) is 4.90 Å². The number of nitrogens with zero attached hydrogens (tertiary/aromatic N) is 1. The molecule has 0 atom stereocenters. The first kappa shape index (κ1) is 22.1. The van der Waals surface area contributed by atoms with Crippen molar-refractivity contribution < 1.29 is 35.3 Å². The lowest BCUT2D eigenvalue weighted by molar-refractivity contribution is -0.275. The summed E-state index contributed by atoms with van der Waals surface area (Å²) in [4.78, 5) is 14.1. The predicted octanol–water partition coefficient (Wildman–Crippen LogP) is 3.88. The average molecular weight is 443 g/mol. The maximum Gasteiger partial charge on any atom is 0.573 e. The molecule has 1 aliphatic rings. The van der Waals surface area contributed by atoms with Gasteiger partial charge in [-0.25, -0.2) is 0 Å². The van der Waals surface area contributed by atoms with Gasteiger partial charge >= 0.3 is 16.5 Å². The number of ketones is 1. The Morgan fingerprint density at radius 1 is 1.07 bits per heavy atom. The molecule has 162 valence electrons. The lowest BCUT2D eigenvalue weighted by atomic mass is 9.89. The number of carbonyl (C=O) groups excluding carboxylic acids is 1. The SMILES string of the molecule is CN1CCC(C(=O)c2cccc(OS(=O)(=O)c3ccccc3OC(F)(F)F)c2)CC1. The number of para-hydroxylation sites is 1. The van der Waals surface area contributed by atoms with Gasteiger partial charge in [0, 0.05) is 11.5 Å². The summed E-state index contributed by atoms with van der Waals surface area (Å²) in [5.41, 5.74) is 0.289. The minimum Gasteiger partial charge on any atom is -0.404 e. The van der Waals surface area contributed by atoms with Gasteiger partial charge in [-0.1, -0.05) is 24.3 Å². The highest BCUT2D eigenvalue weighted by Crippen LogP contribution is 2.31. The van der Waals surface area contributed by atoms with Crippen LogP contribution in [-0.2, 0) is 10.1 Å². The Hall–Kier alpha value is -2.59. The van der Waals surface area contributed by atoms with Crippen molar-refractivity contribution in [3.63, 3.8) is 0 Å². The van der Waals surface area contributed by atoms with Crippen LogP contribution < -0.4 is 8.92 Å². The molecule has 2 aromatic carbocycles. The van der Waals surface area contributed by atoms with Gasteiger partial charge in [-0.2, -0.15) is 8.42 Å². The van der Waals surface area contributed by atoms with E-state index in [0.29, 0.717) is 12.8 Å². The van der Waals surface area contributed by atoms with Gasteiger partial charge in [-0.3, -0.25) is 4.79 Å². The van der Waals surface area contributed by atoms with E-state index in [2.05, 4.69) is 9.64 Å². The zero-order chi connectivity index (χ0) is 21.9. The van der Waals surface area contributed by atoms with Crippen molar-refractivity contribution in [1.29, 1.82) is 0 Å². The smallest absolute Gasteiger partial charge is 0.404 e. The van der Waals surface area contributed by atoms with E-state index < -0.39 is 27.1 Å². The number of Topliss-reactive ketones (excluding diaryl/α,β-unsaturated/α-hetero) is 1. The van der Waals surface area contributed by atoms with E-state index in [1.165, 1.54) is 30.3 Å². The van der Waals surface area contributed by atoms with Gasteiger partial charge in [-0.05, 0) is 57.2 Å². The molecule has 0 N–H and O–H groups in total. The van der Waals surface area contributed by atoms with Crippen LogP contribution >= 0.6 is 0 Å². The molecule has 0 saturated carbocycles. The number of likely N-dealkylation sites (tertiary alicyclic amines) is 1. The molecule has 3 rings (SSSR count). The number of piperidine rings is 1. The molecule has 0 amide bonds. The van der Waals surface area contributed by atoms with E-state index in [1.807, 2.05) is 7.05 Å². The molecule has 0 radical (unpaired) electrons. The highest BCUT2D eigenvalue weighted by molar-refractivity contribution is 7.87. The third kappa shape index (κ3) is 5.51. The minimum absolute atomic E-state index is 0.119. The van der Waals surface area contributed by atoms with E-state index in [4.69, 9.17) is 4.18 Å².